The first kappa shape index (κ1) is 18.2. The Bertz CT molecular complexity index is 738. The summed E-state index contributed by atoms with van der Waals surface area (Å²) in [5, 5.41) is 2.89. The van der Waals surface area contributed by atoms with E-state index in [2.05, 4.69) is 20.1 Å². The number of amides is 1. The number of carbonyl (C=O) groups excluding carboxylic acids is 2. The van der Waals surface area contributed by atoms with E-state index >= 15 is 0 Å². The van der Waals surface area contributed by atoms with Crippen LogP contribution in [0.2, 0.25) is 0 Å². The number of piperazine rings is 1. The molecule has 0 aliphatic carbocycles. The van der Waals surface area contributed by atoms with E-state index in [1.165, 1.54) is 12.5 Å². The van der Waals surface area contributed by atoms with Gasteiger partial charge in [-0.15, -0.1) is 0 Å². The summed E-state index contributed by atoms with van der Waals surface area (Å²) in [6.07, 6.45) is 3.64. The van der Waals surface area contributed by atoms with Gasteiger partial charge in [0.05, 0.1) is 6.54 Å². The molecule has 2 aromatic rings. The molecule has 0 bridgehead atoms. The maximum Gasteiger partial charge on any atom is 0.238 e. The highest BCUT2D eigenvalue weighted by molar-refractivity contribution is 5.96. The normalized spacial score (nSPS) is 15.6. The zero-order valence-corrected chi connectivity index (χ0v) is 15.0. The van der Waals surface area contributed by atoms with Crippen LogP contribution in [0.3, 0.4) is 0 Å². The molecule has 1 aromatic heterocycles. The van der Waals surface area contributed by atoms with Crippen molar-refractivity contribution in [2.45, 2.75) is 13.5 Å². The van der Waals surface area contributed by atoms with Crippen molar-refractivity contribution >= 4 is 17.4 Å². The number of Topliss-reactive ketones (excluding diaryl/α,β-unsaturated/α-hetero) is 1. The van der Waals surface area contributed by atoms with Crippen molar-refractivity contribution in [2.24, 2.45) is 0 Å². The van der Waals surface area contributed by atoms with Gasteiger partial charge < -0.3 is 5.32 Å². The van der Waals surface area contributed by atoms with E-state index in [-0.39, 0.29) is 11.7 Å². The molecule has 136 valence electrons. The number of nitrogens with one attached hydrogen (secondary N) is 1. The quantitative estimate of drug-likeness (QED) is 0.806. The number of anilines is 1. The standard InChI is InChI=1S/C20H24N4O2/c1-16(25)18-2-4-19(5-3-18)22-20(26)15-24-12-10-23(11-13-24)14-17-6-8-21-9-7-17/h2-9H,10-15H2,1H3,(H,22,26). The molecule has 6 nitrogen and oxygen atoms in total. The van der Waals surface area contributed by atoms with Crippen molar-refractivity contribution in [3.05, 3.63) is 59.9 Å². The number of nitrogens with zero attached hydrogens (tertiary/aromatic N) is 3. The van der Waals surface area contributed by atoms with Crippen LogP contribution in [-0.4, -0.2) is 59.2 Å². The summed E-state index contributed by atoms with van der Waals surface area (Å²) in [5.41, 5.74) is 2.63. The number of hydrogen-bond acceptors (Lipinski definition) is 5. The van der Waals surface area contributed by atoms with Gasteiger partial charge in [-0.2, -0.15) is 0 Å². The van der Waals surface area contributed by atoms with Gasteiger partial charge in [0.1, 0.15) is 0 Å². The third-order valence-electron chi connectivity index (χ3n) is 4.56. The number of pyridine rings is 1. The van der Waals surface area contributed by atoms with Crippen molar-refractivity contribution in [1.29, 1.82) is 0 Å². The molecule has 0 spiro atoms. The highest BCUT2D eigenvalue weighted by atomic mass is 16.2. The number of carbonyl (C=O) groups is 2. The minimum atomic E-state index is -0.0249. The van der Waals surface area contributed by atoms with Crippen molar-refractivity contribution in [3.63, 3.8) is 0 Å². The molecule has 6 heteroatoms. The molecule has 0 unspecified atom stereocenters. The number of aromatic nitrogens is 1. The van der Waals surface area contributed by atoms with Crippen molar-refractivity contribution in [1.82, 2.24) is 14.8 Å². The number of rotatable bonds is 6. The van der Waals surface area contributed by atoms with E-state index in [0.29, 0.717) is 12.1 Å². The van der Waals surface area contributed by atoms with E-state index in [9.17, 15) is 9.59 Å². The van der Waals surface area contributed by atoms with Crippen LogP contribution in [0.15, 0.2) is 48.8 Å². The molecule has 1 aromatic carbocycles. The fourth-order valence-electron chi connectivity index (χ4n) is 3.04. The molecular weight excluding hydrogens is 328 g/mol. The average molecular weight is 352 g/mol. The molecule has 1 fully saturated rings. The van der Waals surface area contributed by atoms with Gasteiger partial charge in [-0.1, -0.05) is 0 Å². The van der Waals surface area contributed by atoms with Gasteiger partial charge in [-0.05, 0) is 48.9 Å². The highest BCUT2D eigenvalue weighted by Crippen LogP contribution is 2.11. The molecule has 1 saturated heterocycles. The zero-order valence-electron chi connectivity index (χ0n) is 15.0. The third kappa shape index (κ3) is 5.21. The van der Waals surface area contributed by atoms with E-state index < -0.39 is 0 Å². The Labute approximate surface area is 153 Å². The molecule has 1 aliphatic rings. The largest absolute Gasteiger partial charge is 0.325 e. The zero-order chi connectivity index (χ0) is 18.4. The first-order valence-corrected chi connectivity index (χ1v) is 8.84. The van der Waals surface area contributed by atoms with Crippen LogP contribution < -0.4 is 5.32 Å². The highest BCUT2D eigenvalue weighted by Gasteiger charge is 2.19. The maximum absolute atomic E-state index is 12.2. The summed E-state index contributed by atoms with van der Waals surface area (Å²) >= 11 is 0. The van der Waals surface area contributed by atoms with Crippen LogP contribution in [-0.2, 0) is 11.3 Å². The molecule has 1 aliphatic heterocycles. The second-order valence-corrected chi connectivity index (χ2v) is 6.59. The Morgan fingerprint density at radius 1 is 0.962 bits per heavy atom. The molecule has 0 radical (unpaired) electrons. The van der Waals surface area contributed by atoms with Gasteiger partial charge in [-0.25, -0.2) is 0 Å². The molecular formula is C20H24N4O2. The maximum atomic E-state index is 12.2. The van der Waals surface area contributed by atoms with Crippen LogP contribution in [0.4, 0.5) is 5.69 Å². The lowest BCUT2D eigenvalue weighted by molar-refractivity contribution is -0.117. The molecule has 1 amide bonds. The summed E-state index contributed by atoms with van der Waals surface area (Å²) in [6.45, 7) is 6.49. The molecule has 2 heterocycles. The summed E-state index contributed by atoms with van der Waals surface area (Å²) in [5.74, 6) is -0.00401. The Morgan fingerprint density at radius 2 is 1.58 bits per heavy atom. The Balaban J connectivity index is 1.42. The summed E-state index contributed by atoms with van der Waals surface area (Å²) in [7, 11) is 0. The molecule has 1 N–H and O–H groups in total. The van der Waals surface area contributed by atoms with Gasteiger partial charge in [0.2, 0.25) is 5.91 Å². The van der Waals surface area contributed by atoms with Gasteiger partial charge >= 0.3 is 0 Å². The Hall–Kier alpha value is -2.57. The Morgan fingerprint density at radius 3 is 2.19 bits per heavy atom. The lowest BCUT2D eigenvalue weighted by Crippen LogP contribution is -2.48. The summed E-state index contributed by atoms with van der Waals surface area (Å²) < 4.78 is 0. The van der Waals surface area contributed by atoms with E-state index in [1.807, 2.05) is 24.5 Å². The number of ketones is 1. The fraction of sp³-hybridized carbons (Fsp3) is 0.350. The first-order valence-electron chi connectivity index (χ1n) is 8.84. The van der Waals surface area contributed by atoms with Gasteiger partial charge in [0.25, 0.3) is 0 Å². The topological polar surface area (TPSA) is 65.5 Å². The van der Waals surface area contributed by atoms with Gasteiger partial charge in [-0.3, -0.25) is 24.4 Å². The van der Waals surface area contributed by atoms with Crippen molar-refractivity contribution in [3.8, 4) is 0 Å². The van der Waals surface area contributed by atoms with Gasteiger partial charge in [0, 0.05) is 56.4 Å². The lowest BCUT2D eigenvalue weighted by Gasteiger charge is -2.34. The predicted molar refractivity (Wildman–Crippen MR) is 101 cm³/mol. The van der Waals surface area contributed by atoms with Gasteiger partial charge in [0.15, 0.2) is 5.78 Å². The first-order chi connectivity index (χ1) is 12.6. The lowest BCUT2D eigenvalue weighted by atomic mass is 10.1. The van der Waals surface area contributed by atoms with E-state index in [1.54, 1.807) is 24.3 Å². The van der Waals surface area contributed by atoms with E-state index in [4.69, 9.17) is 0 Å². The minimum absolute atomic E-state index is 0.0208. The smallest absolute Gasteiger partial charge is 0.238 e. The molecule has 3 rings (SSSR count). The summed E-state index contributed by atoms with van der Waals surface area (Å²) in [4.78, 5) is 32.1. The van der Waals surface area contributed by atoms with Crippen LogP contribution in [0.25, 0.3) is 0 Å². The second kappa shape index (κ2) is 8.69. The molecule has 0 atom stereocenters. The minimum Gasteiger partial charge on any atom is -0.325 e. The fourth-order valence-corrected chi connectivity index (χ4v) is 3.04. The van der Waals surface area contributed by atoms with Crippen LogP contribution in [0, 0.1) is 0 Å². The Kier molecular flexibility index (Phi) is 6.09. The SMILES string of the molecule is CC(=O)c1ccc(NC(=O)CN2CCN(Cc3ccncc3)CC2)cc1. The monoisotopic (exact) mass is 352 g/mol. The number of benzene rings is 1. The number of hydrogen-bond donors (Lipinski definition) is 1. The van der Waals surface area contributed by atoms with Crippen molar-refractivity contribution < 1.29 is 9.59 Å². The predicted octanol–water partition coefficient (Wildman–Crippen LogP) is 2.04. The van der Waals surface area contributed by atoms with Crippen LogP contribution >= 0.6 is 0 Å². The van der Waals surface area contributed by atoms with Crippen LogP contribution in [0.5, 0.6) is 0 Å². The average Bonchev–Trinajstić information content (AvgIpc) is 2.64. The van der Waals surface area contributed by atoms with Crippen molar-refractivity contribution in [2.75, 3.05) is 38.0 Å². The van der Waals surface area contributed by atoms with E-state index in [0.717, 1.165) is 38.4 Å². The molecule has 26 heavy (non-hydrogen) atoms. The second-order valence-electron chi connectivity index (χ2n) is 6.59. The third-order valence-corrected chi connectivity index (χ3v) is 4.56. The van der Waals surface area contributed by atoms with Crippen LogP contribution in [0.1, 0.15) is 22.8 Å². The summed E-state index contributed by atoms with van der Waals surface area (Å²) in [6, 6.07) is 11.1. The molecule has 0 saturated carbocycles.